The summed E-state index contributed by atoms with van der Waals surface area (Å²) in [6.45, 7) is 0. The summed E-state index contributed by atoms with van der Waals surface area (Å²) in [5, 5.41) is 0. The number of hydrogen-bond donors (Lipinski definition) is 0. The topological polar surface area (TPSA) is 0 Å². The van der Waals surface area contributed by atoms with Crippen molar-refractivity contribution in [2.24, 2.45) is 0 Å². The standard InChI is InChI=1S/C6H3F2.BrH.Zn/c7-5-2-1-3-6(8)4-5;;/h1-2,4H;1H;. The molecule has 51 valence electrons. The maximum atomic E-state index is 12.4. The van der Waals surface area contributed by atoms with Crippen LogP contribution in [0.1, 0.15) is 0 Å². The summed E-state index contributed by atoms with van der Waals surface area (Å²) in [6.07, 6.45) is 0. The van der Waals surface area contributed by atoms with Crippen LogP contribution in [-0.2, 0) is 18.3 Å². The molecular weight excluding hydrogens is 255 g/mol. The van der Waals surface area contributed by atoms with Gasteiger partial charge in [0.05, 0.1) is 0 Å². The van der Waals surface area contributed by atoms with Crippen LogP contribution in [0.3, 0.4) is 0 Å². The molecule has 0 aliphatic heterocycles. The van der Waals surface area contributed by atoms with Gasteiger partial charge in [-0.15, -0.1) is 17.0 Å². The Morgan fingerprint density at radius 1 is 1.20 bits per heavy atom. The van der Waals surface area contributed by atoms with E-state index in [4.69, 9.17) is 0 Å². The van der Waals surface area contributed by atoms with Gasteiger partial charge in [0.2, 0.25) is 0 Å². The van der Waals surface area contributed by atoms with E-state index in [1.807, 2.05) is 0 Å². The molecule has 0 nitrogen and oxygen atoms in total. The third-order valence-corrected chi connectivity index (χ3v) is 2.22. The zero-order chi connectivity index (χ0) is 6.85. The predicted octanol–water partition coefficient (Wildman–Crippen LogP) is 1.71. The van der Waals surface area contributed by atoms with Crippen molar-refractivity contribution in [3.05, 3.63) is 29.8 Å². The summed E-state index contributed by atoms with van der Waals surface area (Å²) >= 11 is 0.728. The van der Waals surface area contributed by atoms with Crippen LogP contribution in [-0.4, -0.2) is 0 Å². The first-order valence-corrected chi connectivity index (χ1v) is 3.95. The van der Waals surface area contributed by atoms with Gasteiger partial charge in [0.25, 0.3) is 0 Å². The minimum absolute atomic E-state index is 0. The summed E-state index contributed by atoms with van der Waals surface area (Å²) < 4.78 is 25.1. The van der Waals surface area contributed by atoms with Crippen LogP contribution in [0.4, 0.5) is 8.78 Å². The molecule has 0 spiro atoms. The second-order valence-corrected chi connectivity index (χ2v) is 3.33. The van der Waals surface area contributed by atoms with Crippen LogP contribution < -0.4 is 4.16 Å². The molecule has 1 rings (SSSR count). The van der Waals surface area contributed by atoms with Crippen LogP contribution in [0.2, 0.25) is 0 Å². The van der Waals surface area contributed by atoms with E-state index in [0.29, 0.717) is 4.16 Å². The van der Waals surface area contributed by atoms with Gasteiger partial charge in [0.1, 0.15) is 0 Å². The third-order valence-electron chi connectivity index (χ3n) is 1.02. The molecule has 0 N–H and O–H groups in total. The number of halogens is 3. The van der Waals surface area contributed by atoms with E-state index in [2.05, 4.69) is 0 Å². The van der Waals surface area contributed by atoms with Crippen LogP contribution >= 0.6 is 17.0 Å². The molecular formula is C6H4BrF2Zn. The molecule has 0 aliphatic carbocycles. The second-order valence-electron chi connectivity index (χ2n) is 1.74. The van der Waals surface area contributed by atoms with Gasteiger partial charge in [-0.2, -0.15) is 0 Å². The van der Waals surface area contributed by atoms with Gasteiger partial charge in [0, 0.05) is 0 Å². The summed E-state index contributed by atoms with van der Waals surface area (Å²) in [6, 6.07) is 3.63. The zero-order valence-corrected chi connectivity index (χ0v) is 9.78. The van der Waals surface area contributed by atoms with E-state index in [0.717, 1.165) is 24.4 Å². The van der Waals surface area contributed by atoms with Crippen molar-refractivity contribution in [2.45, 2.75) is 0 Å². The first-order valence-electron chi connectivity index (χ1n) is 2.47. The van der Waals surface area contributed by atoms with Gasteiger partial charge in [-0.3, -0.25) is 0 Å². The van der Waals surface area contributed by atoms with Crippen molar-refractivity contribution < 1.29 is 27.1 Å². The Morgan fingerprint density at radius 2 is 1.80 bits per heavy atom. The van der Waals surface area contributed by atoms with Gasteiger partial charge in [0.15, 0.2) is 0 Å². The van der Waals surface area contributed by atoms with Crippen molar-refractivity contribution in [2.75, 3.05) is 0 Å². The average molecular weight is 259 g/mol. The van der Waals surface area contributed by atoms with E-state index in [9.17, 15) is 8.78 Å². The summed E-state index contributed by atoms with van der Waals surface area (Å²) in [7, 11) is 0. The average Bonchev–Trinajstić information content (AvgIpc) is 1.80. The predicted molar refractivity (Wildman–Crippen MR) is 36.3 cm³/mol. The Morgan fingerprint density at radius 3 is 2.20 bits per heavy atom. The van der Waals surface area contributed by atoms with Gasteiger partial charge < -0.3 is 0 Å². The molecule has 0 saturated carbocycles. The van der Waals surface area contributed by atoms with E-state index >= 15 is 0 Å². The fraction of sp³-hybridized carbons (Fsp3) is 0. The van der Waals surface area contributed by atoms with E-state index < -0.39 is 11.6 Å². The molecule has 1 aromatic rings. The normalized spacial score (nSPS) is 8.80. The van der Waals surface area contributed by atoms with Gasteiger partial charge in [-0.1, -0.05) is 0 Å². The number of hydrogen-bond acceptors (Lipinski definition) is 0. The molecule has 1 aromatic carbocycles. The molecule has 0 bridgehead atoms. The van der Waals surface area contributed by atoms with Gasteiger partial charge >= 0.3 is 61.1 Å². The summed E-state index contributed by atoms with van der Waals surface area (Å²) in [5.41, 5.74) is 0. The van der Waals surface area contributed by atoms with E-state index in [1.165, 1.54) is 12.1 Å². The van der Waals surface area contributed by atoms with Crippen molar-refractivity contribution in [3.63, 3.8) is 0 Å². The monoisotopic (exact) mass is 257 g/mol. The zero-order valence-electron chi connectivity index (χ0n) is 5.10. The van der Waals surface area contributed by atoms with Crippen LogP contribution in [0.5, 0.6) is 0 Å². The Kier molecular flexibility index (Phi) is 4.22. The fourth-order valence-corrected chi connectivity index (χ4v) is 0.983. The molecule has 0 amide bonds. The third kappa shape index (κ3) is 2.43. The molecule has 0 atom stereocenters. The molecule has 0 aliphatic rings. The first kappa shape index (κ1) is 10.2. The molecule has 0 heterocycles. The molecule has 0 aromatic heterocycles. The molecule has 0 radical (unpaired) electrons. The van der Waals surface area contributed by atoms with Gasteiger partial charge in [-0.05, 0) is 0 Å². The van der Waals surface area contributed by atoms with Crippen molar-refractivity contribution >= 4 is 21.1 Å². The Hall–Kier alpha value is 0.183. The van der Waals surface area contributed by atoms with E-state index in [-0.39, 0.29) is 17.0 Å². The van der Waals surface area contributed by atoms with Crippen molar-refractivity contribution in [1.82, 2.24) is 0 Å². The minimum atomic E-state index is -0.510. The molecule has 0 unspecified atom stereocenters. The van der Waals surface area contributed by atoms with Crippen LogP contribution in [0, 0.1) is 11.6 Å². The molecule has 10 heavy (non-hydrogen) atoms. The summed E-state index contributed by atoms with van der Waals surface area (Å²) in [5.74, 6) is -0.945. The second kappa shape index (κ2) is 4.14. The van der Waals surface area contributed by atoms with Gasteiger partial charge in [-0.25, -0.2) is 0 Å². The van der Waals surface area contributed by atoms with Crippen molar-refractivity contribution in [3.8, 4) is 0 Å². The van der Waals surface area contributed by atoms with Crippen LogP contribution in [0.15, 0.2) is 18.2 Å². The fourth-order valence-electron chi connectivity index (χ4n) is 0.522. The van der Waals surface area contributed by atoms with Crippen LogP contribution in [0.25, 0.3) is 0 Å². The summed E-state index contributed by atoms with van der Waals surface area (Å²) in [4.78, 5) is 0. The quantitative estimate of drug-likeness (QED) is 0.622. The molecule has 0 fully saturated rings. The Balaban J connectivity index is 0.000000810. The number of benzene rings is 1. The number of rotatable bonds is 0. The SMILES string of the molecule is Br.Fc1cc[c]([Zn])c(F)c1. The van der Waals surface area contributed by atoms with Crippen molar-refractivity contribution in [1.29, 1.82) is 0 Å². The van der Waals surface area contributed by atoms with E-state index in [1.54, 1.807) is 0 Å². The maximum absolute atomic E-state index is 12.4. The first-order chi connectivity index (χ1) is 4.20. The molecule has 0 saturated heterocycles. The Bertz CT molecular complexity index is 227. The Labute approximate surface area is 78.1 Å². The molecule has 4 heteroatoms.